The fraction of sp³-hybridized carbons (Fsp3) is 0.462. The van der Waals surface area contributed by atoms with Crippen molar-refractivity contribution in [2.45, 2.75) is 24.6 Å². The molecule has 0 aromatic heterocycles. The first kappa shape index (κ1) is 13.2. The number of halogens is 1. The molecule has 1 amide bonds. The molecule has 1 aromatic carbocycles. The third-order valence-corrected chi connectivity index (χ3v) is 4.97. The van der Waals surface area contributed by atoms with E-state index in [0.29, 0.717) is 6.04 Å². The van der Waals surface area contributed by atoms with Gasteiger partial charge < -0.3 is 4.90 Å². The number of nitrogens with zero attached hydrogens (tertiary/aromatic N) is 1. The molecule has 2 rings (SSSR count). The van der Waals surface area contributed by atoms with Gasteiger partial charge in [0, 0.05) is 22.8 Å². The lowest BCUT2D eigenvalue weighted by molar-refractivity contribution is 0.223. The second-order valence-corrected chi connectivity index (χ2v) is 5.99. The zero-order chi connectivity index (χ0) is 12.1. The molecule has 1 heterocycles. The summed E-state index contributed by atoms with van der Waals surface area (Å²) in [5, 5.41) is 0.244. The zero-order valence-electron chi connectivity index (χ0n) is 9.64. The number of thioether (sulfide) groups is 1. The summed E-state index contributed by atoms with van der Waals surface area (Å²) in [5.41, 5.74) is 1.22. The summed E-state index contributed by atoms with van der Waals surface area (Å²) in [4.78, 5) is 14.1. The van der Waals surface area contributed by atoms with Gasteiger partial charge in [0.15, 0.2) is 0 Å². The van der Waals surface area contributed by atoms with E-state index in [1.54, 1.807) is 0 Å². The van der Waals surface area contributed by atoms with E-state index in [9.17, 15) is 4.79 Å². The molecular formula is C13H16INOS. The largest absolute Gasteiger partial charge is 0.330 e. The minimum absolute atomic E-state index is 0.244. The third-order valence-electron chi connectivity index (χ3n) is 2.99. The monoisotopic (exact) mass is 361 g/mol. The molecule has 0 radical (unpaired) electrons. The summed E-state index contributed by atoms with van der Waals surface area (Å²) < 4.78 is 1.05. The van der Waals surface area contributed by atoms with Crippen molar-refractivity contribution in [3.63, 3.8) is 0 Å². The highest BCUT2D eigenvalue weighted by Crippen LogP contribution is 2.25. The average Bonchev–Trinajstić information content (AvgIpc) is 2.85. The van der Waals surface area contributed by atoms with Crippen LogP contribution in [0.15, 0.2) is 30.3 Å². The van der Waals surface area contributed by atoms with E-state index in [4.69, 9.17) is 0 Å². The van der Waals surface area contributed by atoms with Crippen molar-refractivity contribution in [3.05, 3.63) is 35.9 Å². The van der Waals surface area contributed by atoms with Crippen LogP contribution in [0.1, 0.15) is 18.4 Å². The molecule has 0 spiro atoms. The van der Waals surface area contributed by atoms with Crippen LogP contribution in [0.4, 0.5) is 4.79 Å². The molecule has 1 saturated heterocycles. The number of hydrogen-bond acceptors (Lipinski definition) is 2. The van der Waals surface area contributed by atoms with Crippen LogP contribution in [-0.2, 0) is 5.75 Å². The van der Waals surface area contributed by atoms with E-state index >= 15 is 0 Å². The first-order chi connectivity index (χ1) is 8.31. The predicted octanol–water partition coefficient (Wildman–Crippen LogP) is 3.94. The Kier molecular flexibility index (Phi) is 5.16. The number of carbonyl (C=O) groups excluding carboxylic acids is 1. The van der Waals surface area contributed by atoms with Gasteiger partial charge in [0.1, 0.15) is 0 Å². The van der Waals surface area contributed by atoms with Gasteiger partial charge in [0.2, 0.25) is 0 Å². The van der Waals surface area contributed by atoms with Crippen LogP contribution in [0.5, 0.6) is 0 Å². The van der Waals surface area contributed by atoms with Crippen LogP contribution in [0.2, 0.25) is 0 Å². The Morgan fingerprint density at radius 3 is 2.88 bits per heavy atom. The van der Waals surface area contributed by atoms with Crippen LogP contribution in [0.25, 0.3) is 0 Å². The molecule has 92 valence electrons. The molecule has 2 nitrogen and oxygen atoms in total. The van der Waals surface area contributed by atoms with Gasteiger partial charge >= 0.3 is 0 Å². The number of likely N-dealkylation sites (tertiary alicyclic amines) is 1. The van der Waals surface area contributed by atoms with Gasteiger partial charge in [-0.15, -0.1) is 0 Å². The molecule has 17 heavy (non-hydrogen) atoms. The summed E-state index contributed by atoms with van der Waals surface area (Å²) in [6.45, 7) is 0.939. The van der Waals surface area contributed by atoms with E-state index in [2.05, 4.69) is 34.7 Å². The molecule has 0 saturated carbocycles. The molecule has 0 bridgehead atoms. The Morgan fingerprint density at radius 2 is 2.18 bits per heavy atom. The van der Waals surface area contributed by atoms with Crippen molar-refractivity contribution >= 4 is 39.6 Å². The van der Waals surface area contributed by atoms with Crippen LogP contribution >= 0.6 is 34.4 Å². The van der Waals surface area contributed by atoms with E-state index in [0.717, 1.165) is 23.1 Å². The Labute approximate surface area is 120 Å². The maximum atomic E-state index is 12.1. The Hall–Kier alpha value is -0.230. The van der Waals surface area contributed by atoms with Gasteiger partial charge in [-0.05, 0) is 18.4 Å². The molecule has 1 aromatic rings. The Bertz CT molecular complexity index is 371. The predicted molar refractivity (Wildman–Crippen MR) is 81.7 cm³/mol. The lowest BCUT2D eigenvalue weighted by atomic mass is 10.2. The Balaban J connectivity index is 1.85. The van der Waals surface area contributed by atoms with Gasteiger partial charge in [0.05, 0.1) is 0 Å². The smallest absolute Gasteiger partial charge is 0.282 e. The third kappa shape index (κ3) is 3.61. The number of alkyl halides is 1. The van der Waals surface area contributed by atoms with Crippen molar-refractivity contribution in [2.75, 3.05) is 11.0 Å². The second-order valence-electron chi connectivity index (χ2n) is 4.18. The van der Waals surface area contributed by atoms with E-state index < -0.39 is 0 Å². The summed E-state index contributed by atoms with van der Waals surface area (Å²) in [6.07, 6.45) is 2.33. The number of benzene rings is 1. The quantitative estimate of drug-likeness (QED) is 0.601. The SMILES string of the molecule is O=C(SCc1ccccc1)N1CCCC1CI. The first-order valence-corrected chi connectivity index (χ1v) is 8.35. The molecule has 0 N–H and O–H groups in total. The Morgan fingerprint density at radius 1 is 1.41 bits per heavy atom. The number of hydrogen-bond donors (Lipinski definition) is 0. The highest BCUT2D eigenvalue weighted by atomic mass is 127. The summed E-state index contributed by atoms with van der Waals surface area (Å²) in [7, 11) is 0. The standard InChI is InChI=1S/C13H16INOS/c14-9-12-7-4-8-15(12)13(16)17-10-11-5-2-1-3-6-11/h1-3,5-6,12H,4,7-10H2. The summed E-state index contributed by atoms with van der Waals surface area (Å²) >= 11 is 3.80. The van der Waals surface area contributed by atoms with Crippen LogP contribution in [-0.4, -0.2) is 27.2 Å². The van der Waals surface area contributed by atoms with Gasteiger partial charge in [-0.1, -0.05) is 64.7 Å². The molecular weight excluding hydrogens is 345 g/mol. The fourth-order valence-corrected chi connectivity index (χ4v) is 3.84. The maximum Gasteiger partial charge on any atom is 0.282 e. The van der Waals surface area contributed by atoms with Crippen molar-refractivity contribution in [2.24, 2.45) is 0 Å². The minimum Gasteiger partial charge on any atom is -0.330 e. The molecule has 1 atom stereocenters. The fourth-order valence-electron chi connectivity index (χ4n) is 2.04. The molecule has 1 aliphatic rings. The van der Waals surface area contributed by atoms with Gasteiger partial charge in [-0.3, -0.25) is 4.79 Å². The normalized spacial score (nSPS) is 19.6. The lowest BCUT2D eigenvalue weighted by Gasteiger charge is -2.22. The molecule has 1 fully saturated rings. The van der Waals surface area contributed by atoms with Gasteiger partial charge in [-0.2, -0.15) is 0 Å². The number of rotatable bonds is 3. The topological polar surface area (TPSA) is 20.3 Å². The molecule has 1 unspecified atom stereocenters. The lowest BCUT2D eigenvalue weighted by Crippen LogP contribution is -2.33. The van der Waals surface area contributed by atoms with Crippen LogP contribution in [0.3, 0.4) is 0 Å². The molecule has 4 heteroatoms. The van der Waals surface area contributed by atoms with Crippen molar-refractivity contribution in [1.82, 2.24) is 4.90 Å². The maximum absolute atomic E-state index is 12.1. The van der Waals surface area contributed by atoms with Crippen LogP contribution in [0, 0.1) is 0 Å². The second kappa shape index (κ2) is 6.64. The minimum atomic E-state index is 0.244. The molecule has 0 aliphatic carbocycles. The van der Waals surface area contributed by atoms with E-state index in [1.165, 1.54) is 23.7 Å². The number of carbonyl (C=O) groups is 1. The van der Waals surface area contributed by atoms with Crippen molar-refractivity contribution in [1.29, 1.82) is 0 Å². The van der Waals surface area contributed by atoms with E-state index in [1.807, 2.05) is 23.1 Å². The summed E-state index contributed by atoms with van der Waals surface area (Å²) in [6, 6.07) is 10.6. The number of amides is 1. The van der Waals surface area contributed by atoms with Crippen molar-refractivity contribution < 1.29 is 4.79 Å². The highest BCUT2D eigenvalue weighted by molar-refractivity contribution is 14.1. The van der Waals surface area contributed by atoms with Gasteiger partial charge in [-0.25, -0.2) is 0 Å². The highest BCUT2D eigenvalue weighted by Gasteiger charge is 2.27. The average molecular weight is 361 g/mol. The zero-order valence-corrected chi connectivity index (χ0v) is 12.6. The summed E-state index contributed by atoms with van der Waals surface area (Å²) in [5.74, 6) is 0.782. The van der Waals surface area contributed by atoms with Crippen LogP contribution < -0.4 is 0 Å². The molecule has 1 aliphatic heterocycles. The van der Waals surface area contributed by atoms with Crippen molar-refractivity contribution in [3.8, 4) is 0 Å². The first-order valence-electron chi connectivity index (χ1n) is 5.84. The van der Waals surface area contributed by atoms with E-state index in [-0.39, 0.29) is 5.24 Å². The van der Waals surface area contributed by atoms with Gasteiger partial charge in [0.25, 0.3) is 5.24 Å².